The fraction of sp³-hybridized carbons (Fsp3) is 1.00. The van der Waals surface area contributed by atoms with Gasteiger partial charge in [-0.15, -0.1) is 0 Å². The van der Waals surface area contributed by atoms with Crippen LogP contribution in [0.5, 0.6) is 0 Å². The molecule has 0 unspecified atom stereocenters. The lowest BCUT2D eigenvalue weighted by atomic mass is 10.3. The van der Waals surface area contributed by atoms with Crippen molar-refractivity contribution in [2.45, 2.75) is 55.4 Å². The predicted octanol–water partition coefficient (Wildman–Crippen LogP) is 5.44. The number of aliphatic hydroxyl groups is 1. The molecule has 0 aliphatic heterocycles. The standard InChI is InChI=1S/C7H4F12O2.C3H2F6O/c8-4(9,10)2(5(11,12)13)20-1-21-3(6(14,15)16)7(17,18)19;4-2(5,6)1(10)3(7,8)9/h2-3H,1H2;1,10H. The van der Waals surface area contributed by atoms with Crippen molar-refractivity contribution in [1.82, 2.24) is 0 Å². The molecule has 0 aliphatic carbocycles. The van der Waals surface area contributed by atoms with Crippen LogP contribution in [0, 0.1) is 0 Å². The third kappa shape index (κ3) is 12.3. The van der Waals surface area contributed by atoms with Crippen molar-refractivity contribution in [1.29, 1.82) is 0 Å². The molecule has 0 aromatic heterocycles. The molecule has 21 heteroatoms. The van der Waals surface area contributed by atoms with E-state index in [0.717, 1.165) is 0 Å². The van der Waals surface area contributed by atoms with E-state index in [4.69, 9.17) is 5.11 Å². The summed E-state index contributed by atoms with van der Waals surface area (Å²) in [6.45, 7) is -2.52. The lowest BCUT2D eigenvalue weighted by Gasteiger charge is -2.26. The van der Waals surface area contributed by atoms with Gasteiger partial charge in [-0.05, 0) is 0 Å². The van der Waals surface area contributed by atoms with Crippen LogP contribution in [0.2, 0.25) is 0 Å². The Kier molecular flexibility index (Phi) is 10.3. The van der Waals surface area contributed by atoms with Crippen LogP contribution in [0.25, 0.3) is 0 Å². The Morgan fingerprint density at radius 1 is 0.419 bits per heavy atom. The van der Waals surface area contributed by atoms with Gasteiger partial charge >= 0.3 is 37.1 Å². The summed E-state index contributed by atoms with van der Waals surface area (Å²) in [6.07, 6.45) is -49.0. The fourth-order valence-electron chi connectivity index (χ4n) is 1.11. The van der Waals surface area contributed by atoms with Gasteiger partial charge in [0, 0.05) is 0 Å². The third-order valence-electron chi connectivity index (χ3n) is 2.28. The highest BCUT2D eigenvalue weighted by Gasteiger charge is 2.60. The van der Waals surface area contributed by atoms with Crippen molar-refractivity contribution in [2.75, 3.05) is 6.79 Å². The highest BCUT2D eigenvalue weighted by molar-refractivity contribution is 4.77. The van der Waals surface area contributed by atoms with Crippen LogP contribution in [0.15, 0.2) is 0 Å². The van der Waals surface area contributed by atoms with Gasteiger partial charge in [0.15, 0.2) is 0 Å². The molecule has 0 radical (unpaired) electrons. The molecule has 0 bridgehead atoms. The van der Waals surface area contributed by atoms with E-state index in [1.807, 2.05) is 0 Å². The topological polar surface area (TPSA) is 38.7 Å². The molecule has 0 amide bonds. The predicted molar refractivity (Wildman–Crippen MR) is 56.9 cm³/mol. The van der Waals surface area contributed by atoms with Crippen LogP contribution in [0.1, 0.15) is 0 Å². The van der Waals surface area contributed by atoms with Crippen molar-refractivity contribution in [3.05, 3.63) is 0 Å². The lowest BCUT2D eigenvalue weighted by Crippen LogP contribution is -2.48. The molecule has 0 fully saturated rings. The molecule has 31 heavy (non-hydrogen) atoms. The van der Waals surface area contributed by atoms with Crippen LogP contribution in [0.4, 0.5) is 79.0 Å². The second-order valence-electron chi connectivity index (χ2n) is 4.86. The number of alkyl halides is 18. The monoisotopic (exact) mass is 516 g/mol. The highest BCUT2D eigenvalue weighted by atomic mass is 19.4. The molecule has 0 saturated carbocycles. The van der Waals surface area contributed by atoms with Crippen LogP contribution >= 0.6 is 0 Å². The van der Waals surface area contributed by atoms with Gasteiger partial charge in [0.25, 0.3) is 12.2 Å². The molecule has 0 aromatic carbocycles. The lowest BCUT2D eigenvalue weighted by molar-refractivity contribution is -0.367. The number of aliphatic hydroxyl groups excluding tert-OH is 1. The minimum absolute atomic E-state index is 2.52. The molecule has 0 atom stereocenters. The van der Waals surface area contributed by atoms with Gasteiger partial charge in [0.1, 0.15) is 6.79 Å². The van der Waals surface area contributed by atoms with Gasteiger partial charge in [-0.2, -0.15) is 79.0 Å². The van der Waals surface area contributed by atoms with Gasteiger partial charge in [-0.1, -0.05) is 0 Å². The minimum Gasteiger partial charge on any atom is -0.377 e. The summed E-state index contributed by atoms with van der Waals surface area (Å²) in [5, 5.41) is 7.47. The van der Waals surface area contributed by atoms with E-state index in [1.165, 1.54) is 0 Å². The van der Waals surface area contributed by atoms with E-state index in [1.54, 1.807) is 0 Å². The fourth-order valence-corrected chi connectivity index (χ4v) is 1.11. The molecule has 0 aromatic rings. The van der Waals surface area contributed by atoms with Crippen molar-refractivity contribution in [2.24, 2.45) is 0 Å². The first kappa shape index (κ1) is 31.8. The minimum atomic E-state index is -6.09. The molecular weight excluding hydrogens is 510 g/mol. The summed E-state index contributed by atoms with van der Waals surface area (Å²) in [5.41, 5.74) is 0. The third-order valence-corrected chi connectivity index (χ3v) is 2.28. The van der Waals surface area contributed by atoms with Gasteiger partial charge < -0.3 is 14.6 Å². The smallest absolute Gasteiger partial charge is 0.377 e. The summed E-state index contributed by atoms with van der Waals surface area (Å²) < 4.78 is 214. The van der Waals surface area contributed by atoms with Gasteiger partial charge in [-0.25, -0.2) is 0 Å². The van der Waals surface area contributed by atoms with Gasteiger partial charge in [-0.3, -0.25) is 0 Å². The Morgan fingerprint density at radius 3 is 0.710 bits per heavy atom. The van der Waals surface area contributed by atoms with Crippen molar-refractivity contribution < 1.29 is 93.6 Å². The largest absolute Gasteiger partial charge is 0.423 e. The second-order valence-corrected chi connectivity index (χ2v) is 4.86. The van der Waals surface area contributed by atoms with Crippen LogP contribution in [-0.2, 0) is 9.47 Å². The second kappa shape index (κ2) is 10.0. The van der Waals surface area contributed by atoms with E-state index in [2.05, 4.69) is 9.47 Å². The van der Waals surface area contributed by atoms with Gasteiger partial charge in [0.05, 0.1) is 0 Å². The van der Waals surface area contributed by atoms with E-state index < -0.39 is 62.2 Å². The molecule has 0 heterocycles. The van der Waals surface area contributed by atoms with E-state index in [9.17, 15) is 79.0 Å². The number of rotatable bonds is 4. The average Bonchev–Trinajstić information content (AvgIpc) is 2.39. The summed E-state index contributed by atoms with van der Waals surface area (Å²) in [6, 6.07) is 0. The summed E-state index contributed by atoms with van der Waals surface area (Å²) >= 11 is 0. The molecule has 0 spiro atoms. The molecular formula is C10H6F18O3. The molecule has 3 nitrogen and oxygen atoms in total. The number of ether oxygens (including phenoxy) is 2. The van der Waals surface area contributed by atoms with Crippen molar-refractivity contribution >= 4 is 0 Å². The number of halogens is 18. The Morgan fingerprint density at radius 2 is 0.613 bits per heavy atom. The van der Waals surface area contributed by atoms with Crippen LogP contribution in [-0.4, -0.2) is 67.3 Å². The summed E-state index contributed by atoms with van der Waals surface area (Å²) in [7, 11) is 0. The molecule has 190 valence electrons. The first-order valence-electron chi connectivity index (χ1n) is 6.44. The highest BCUT2D eigenvalue weighted by Crippen LogP contribution is 2.38. The summed E-state index contributed by atoms with van der Waals surface area (Å²) in [4.78, 5) is 0. The molecule has 0 aliphatic rings. The van der Waals surface area contributed by atoms with Crippen molar-refractivity contribution in [3.63, 3.8) is 0 Å². The number of hydrogen-bond donors (Lipinski definition) is 1. The zero-order valence-electron chi connectivity index (χ0n) is 13.5. The molecule has 1 N–H and O–H groups in total. The van der Waals surface area contributed by atoms with E-state index >= 15 is 0 Å². The molecule has 0 saturated heterocycles. The Bertz CT molecular complexity index is 446. The maximum atomic E-state index is 11.9. The average molecular weight is 516 g/mol. The summed E-state index contributed by atoms with van der Waals surface area (Å²) in [5.74, 6) is 0. The first-order valence-corrected chi connectivity index (χ1v) is 6.44. The Hall–Kier alpha value is -1.38. The van der Waals surface area contributed by atoms with Gasteiger partial charge in [0.2, 0.25) is 6.10 Å². The zero-order valence-corrected chi connectivity index (χ0v) is 13.5. The quantitative estimate of drug-likeness (QED) is 0.400. The maximum absolute atomic E-state index is 11.9. The number of hydrogen-bond acceptors (Lipinski definition) is 3. The Balaban J connectivity index is 0. The SMILES string of the molecule is FC(F)(F)C(OCOC(C(F)(F)F)C(F)(F)F)C(F)(F)F.OC(C(F)(F)F)C(F)(F)F. The van der Waals surface area contributed by atoms with E-state index in [0.29, 0.717) is 0 Å². The zero-order chi connectivity index (χ0) is 25.9. The molecule has 0 rings (SSSR count). The Labute approximate surface area is 157 Å². The first-order chi connectivity index (χ1) is 13.1. The normalized spacial score (nSPS) is 14.9. The van der Waals surface area contributed by atoms with Crippen LogP contribution in [0.3, 0.4) is 0 Å². The van der Waals surface area contributed by atoms with Crippen molar-refractivity contribution in [3.8, 4) is 0 Å². The maximum Gasteiger partial charge on any atom is 0.423 e. The van der Waals surface area contributed by atoms with E-state index in [-0.39, 0.29) is 0 Å². The van der Waals surface area contributed by atoms with Crippen LogP contribution < -0.4 is 0 Å².